The summed E-state index contributed by atoms with van der Waals surface area (Å²) in [4.78, 5) is 53.6. The topological polar surface area (TPSA) is 95.0 Å². The molecule has 0 aromatic carbocycles. The fourth-order valence-electron chi connectivity index (χ4n) is 4.62. The number of nitrogens with zero attached hydrogens (tertiary/aromatic N) is 2. The van der Waals surface area contributed by atoms with Crippen molar-refractivity contribution in [2.24, 2.45) is 17.8 Å². The van der Waals surface area contributed by atoms with Gasteiger partial charge >= 0.3 is 5.97 Å². The van der Waals surface area contributed by atoms with Gasteiger partial charge in [-0.1, -0.05) is 27.7 Å². The quantitative estimate of drug-likeness (QED) is 0.538. The molecule has 0 spiro atoms. The summed E-state index contributed by atoms with van der Waals surface area (Å²) in [5.74, 6) is -1.94. The first-order valence-corrected chi connectivity index (χ1v) is 11.6. The van der Waals surface area contributed by atoms with Gasteiger partial charge in [-0.05, 0) is 44.4 Å². The summed E-state index contributed by atoms with van der Waals surface area (Å²) >= 11 is 4.47. The van der Waals surface area contributed by atoms with Crippen LogP contribution < -0.4 is 0 Å². The second-order valence-electron chi connectivity index (χ2n) is 9.30. The molecule has 8 heteroatoms. The third kappa shape index (κ3) is 5.77. The van der Waals surface area contributed by atoms with Crippen LogP contribution in [0.5, 0.6) is 0 Å². The minimum Gasteiger partial charge on any atom is -0.481 e. The van der Waals surface area contributed by atoms with Crippen LogP contribution in [0.1, 0.15) is 66.2 Å². The van der Waals surface area contributed by atoms with Crippen LogP contribution >= 0.6 is 12.6 Å². The number of likely N-dealkylation sites (tertiary alicyclic amines) is 2. The lowest BCUT2D eigenvalue weighted by atomic mass is 9.89. The molecule has 5 atom stereocenters. The molecular weight excluding hydrogens is 404 g/mol. The van der Waals surface area contributed by atoms with Crippen molar-refractivity contribution in [3.05, 3.63) is 0 Å². The summed E-state index contributed by atoms with van der Waals surface area (Å²) in [6, 6.07) is -1.05. The van der Waals surface area contributed by atoms with Crippen molar-refractivity contribution in [3.8, 4) is 0 Å². The largest absolute Gasteiger partial charge is 0.481 e. The van der Waals surface area contributed by atoms with Gasteiger partial charge in [0.2, 0.25) is 11.8 Å². The number of Topliss-reactive ketones (excluding diaryl/α,β-unsaturated/α-hetero) is 1. The maximum absolute atomic E-state index is 13.3. The van der Waals surface area contributed by atoms with Crippen LogP contribution in [-0.2, 0) is 19.2 Å². The van der Waals surface area contributed by atoms with Crippen molar-refractivity contribution in [2.45, 2.75) is 83.6 Å². The molecule has 0 radical (unpaired) electrons. The number of thiol groups is 1. The first kappa shape index (κ1) is 24.7. The van der Waals surface area contributed by atoms with E-state index < -0.39 is 35.1 Å². The molecule has 2 aliphatic rings. The van der Waals surface area contributed by atoms with E-state index in [2.05, 4.69) is 12.6 Å². The van der Waals surface area contributed by atoms with Crippen LogP contribution in [0.15, 0.2) is 0 Å². The Bertz CT molecular complexity index is 668. The minimum atomic E-state index is -0.920. The van der Waals surface area contributed by atoms with Gasteiger partial charge in [-0.2, -0.15) is 12.6 Å². The molecule has 0 aliphatic carbocycles. The highest BCUT2D eigenvalue weighted by molar-refractivity contribution is 7.81. The van der Waals surface area contributed by atoms with E-state index >= 15 is 0 Å². The molecule has 2 saturated heterocycles. The van der Waals surface area contributed by atoms with Gasteiger partial charge in [0.15, 0.2) is 5.78 Å². The number of aliphatic carboxylic acids is 1. The number of carbonyl (C=O) groups is 4. The lowest BCUT2D eigenvalue weighted by molar-refractivity contribution is -0.147. The van der Waals surface area contributed by atoms with Crippen LogP contribution in [0, 0.1) is 17.8 Å². The molecule has 0 aromatic rings. The predicted octanol–water partition coefficient (Wildman–Crippen LogP) is 2.63. The zero-order valence-electron chi connectivity index (χ0n) is 18.5. The molecule has 1 N–H and O–H groups in total. The summed E-state index contributed by atoms with van der Waals surface area (Å²) in [5, 5.41) is 8.70. The van der Waals surface area contributed by atoms with Crippen molar-refractivity contribution < 1.29 is 24.3 Å². The Hall–Kier alpha value is -1.57. The number of carboxylic acid groups (broad SMARTS) is 1. The highest BCUT2D eigenvalue weighted by Crippen LogP contribution is 2.29. The number of ketones is 1. The van der Waals surface area contributed by atoms with Crippen LogP contribution in [0.2, 0.25) is 0 Å². The summed E-state index contributed by atoms with van der Waals surface area (Å²) in [5.41, 5.74) is 0. The lowest BCUT2D eigenvalue weighted by Crippen LogP contribution is -2.52. The average molecular weight is 441 g/mol. The number of hydrogen-bond acceptors (Lipinski definition) is 5. The standard InChI is InChI=1S/C22H36N2O5S/c1-13(2)11-18(30)21(27)24-10-6-8-17(24)20(26)23-9-5-7-16(23)19(25)14(3)12-15(4)22(28)29/h13-18,30H,5-12H2,1-4H3,(H,28,29)/t14?,15-,16+,17+,18+/m1/s1. The minimum absolute atomic E-state index is 0.0725. The molecule has 2 aliphatic heterocycles. The Labute approximate surface area is 185 Å². The van der Waals surface area contributed by atoms with E-state index in [1.807, 2.05) is 13.8 Å². The summed E-state index contributed by atoms with van der Waals surface area (Å²) in [6.07, 6.45) is 3.63. The zero-order chi connectivity index (χ0) is 22.6. The first-order valence-electron chi connectivity index (χ1n) is 11.1. The van der Waals surface area contributed by atoms with Crippen molar-refractivity contribution >= 4 is 36.2 Å². The Balaban J connectivity index is 2.07. The van der Waals surface area contributed by atoms with Gasteiger partial charge in [-0.3, -0.25) is 19.2 Å². The van der Waals surface area contributed by atoms with Gasteiger partial charge in [0.1, 0.15) is 6.04 Å². The van der Waals surface area contributed by atoms with Crippen LogP contribution in [-0.4, -0.2) is 68.9 Å². The molecular formula is C22H36N2O5S. The van der Waals surface area contributed by atoms with Gasteiger partial charge in [-0.25, -0.2) is 0 Å². The van der Waals surface area contributed by atoms with Crippen LogP contribution in [0.25, 0.3) is 0 Å². The van der Waals surface area contributed by atoms with E-state index in [9.17, 15) is 19.2 Å². The molecule has 2 fully saturated rings. The molecule has 0 saturated carbocycles. The average Bonchev–Trinajstić information content (AvgIpc) is 3.34. The number of carboxylic acids is 1. The normalized spacial score (nSPS) is 24.7. The maximum atomic E-state index is 13.3. The smallest absolute Gasteiger partial charge is 0.306 e. The van der Waals surface area contributed by atoms with Crippen molar-refractivity contribution in [3.63, 3.8) is 0 Å². The Morgan fingerprint density at radius 1 is 0.900 bits per heavy atom. The predicted molar refractivity (Wildman–Crippen MR) is 117 cm³/mol. The third-order valence-corrected chi connectivity index (χ3v) is 6.71. The number of hydrogen-bond donors (Lipinski definition) is 2. The fourth-order valence-corrected chi connectivity index (χ4v) is 5.19. The SMILES string of the molecule is CC(C)C[C@H](S)C(=O)N1CCC[C@H]1C(=O)N1CCC[C@H]1C(=O)C(C)C[C@@H](C)C(=O)O. The summed E-state index contributed by atoms with van der Waals surface area (Å²) in [6.45, 7) is 8.46. The lowest BCUT2D eigenvalue weighted by Gasteiger charge is -2.33. The third-order valence-electron chi connectivity index (χ3n) is 6.28. The molecule has 30 heavy (non-hydrogen) atoms. The van der Waals surface area contributed by atoms with Crippen LogP contribution in [0.4, 0.5) is 0 Å². The van der Waals surface area contributed by atoms with E-state index in [1.54, 1.807) is 23.6 Å². The molecule has 0 bridgehead atoms. The van der Waals surface area contributed by atoms with Gasteiger partial charge in [0, 0.05) is 19.0 Å². The van der Waals surface area contributed by atoms with E-state index in [-0.39, 0.29) is 24.0 Å². The fraction of sp³-hybridized carbons (Fsp3) is 0.818. The molecule has 2 rings (SSSR count). The summed E-state index contributed by atoms with van der Waals surface area (Å²) < 4.78 is 0. The zero-order valence-corrected chi connectivity index (χ0v) is 19.4. The monoisotopic (exact) mass is 440 g/mol. The second-order valence-corrected chi connectivity index (χ2v) is 9.93. The number of carbonyl (C=O) groups excluding carboxylic acids is 3. The van der Waals surface area contributed by atoms with E-state index in [1.165, 1.54) is 0 Å². The van der Waals surface area contributed by atoms with E-state index in [4.69, 9.17) is 5.11 Å². The van der Waals surface area contributed by atoms with Gasteiger partial charge in [0.25, 0.3) is 0 Å². The molecule has 170 valence electrons. The van der Waals surface area contributed by atoms with Gasteiger partial charge in [-0.15, -0.1) is 0 Å². The first-order chi connectivity index (χ1) is 14.0. The highest BCUT2D eigenvalue weighted by Gasteiger charge is 2.43. The Morgan fingerprint density at radius 3 is 2.03 bits per heavy atom. The van der Waals surface area contributed by atoms with Crippen molar-refractivity contribution in [2.75, 3.05) is 13.1 Å². The van der Waals surface area contributed by atoms with Gasteiger partial charge < -0.3 is 14.9 Å². The van der Waals surface area contributed by atoms with E-state index in [0.29, 0.717) is 38.3 Å². The molecule has 2 heterocycles. The van der Waals surface area contributed by atoms with Crippen LogP contribution in [0.3, 0.4) is 0 Å². The van der Waals surface area contributed by atoms with Crippen molar-refractivity contribution in [1.29, 1.82) is 0 Å². The Morgan fingerprint density at radius 2 is 1.47 bits per heavy atom. The molecule has 1 unspecified atom stereocenters. The summed E-state index contributed by atoms with van der Waals surface area (Å²) in [7, 11) is 0. The second kappa shape index (κ2) is 10.6. The highest BCUT2D eigenvalue weighted by atomic mass is 32.1. The van der Waals surface area contributed by atoms with Crippen molar-refractivity contribution in [1.82, 2.24) is 9.80 Å². The molecule has 0 aromatic heterocycles. The van der Waals surface area contributed by atoms with Gasteiger partial charge in [0.05, 0.1) is 17.2 Å². The Kier molecular flexibility index (Phi) is 8.76. The molecule has 2 amide bonds. The number of amides is 2. The molecule has 7 nitrogen and oxygen atoms in total. The van der Waals surface area contributed by atoms with E-state index in [0.717, 1.165) is 12.8 Å². The number of rotatable bonds is 9. The maximum Gasteiger partial charge on any atom is 0.306 e.